The zero-order valence-electron chi connectivity index (χ0n) is 40.2. The Kier molecular flexibility index (Phi) is 9.65. The van der Waals surface area contributed by atoms with Gasteiger partial charge in [-0.2, -0.15) is 0 Å². The van der Waals surface area contributed by atoms with Crippen molar-refractivity contribution in [2.24, 2.45) is 0 Å². The molecule has 0 spiro atoms. The molecule has 346 valence electrons. The lowest BCUT2D eigenvalue weighted by Gasteiger charge is -2.20. The molecular weight excluding hydrogens is 889 g/mol. The van der Waals surface area contributed by atoms with Crippen LogP contribution < -0.4 is 0 Å². The van der Waals surface area contributed by atoms with Gasteiger partial charge in [0.1, 0.15) is 11.2 Å². The maximum absolute atomic E-state index is 7.34. The molecule has 12 aromatic rings. The molecule has 5 nitrogen and oxygen atoms in total. The topological polar surface area (TPSA) is 56.7 Å². The number of furan rings is 1. The van der Waals surface area contributed by atoms with Crippen molar-refractivity contribution in [2.45, 2.75) is 44.1 Å². The highest BCUT2D eigenvalue weighted by atomic mass is 16.3. The maximum Gasteiger partial charge on any atom is 0.167 e. The Morgan fingerprint density at radius 2 is 1.25 bits per heavy atom. The number of rotatable bonds is 6. The molecule has 5 heteroatoms. The van der Waals surface area contributed by atoms with E-state index < -0.39 is 0 Å². The maximum atomic E-state index is 7.34. The van der Waals surface area contributed by atoms with Gasteiger partial charge in [-0.15, -0.1) is 0 Å². The Morgan fingerprint density at radius 3 is 2.12 bits per heavy atom. The van der Waals surface area contributed by atoms with Crippen LogP contribution in [0.15, 0.2) is 217 Å². The molecule has 0 amide bonds. The van der Waals surface area contributed by atoms with E-state index in [9.17, 15) is 0 Å². The average Bonchev–Trinajstić information content (AvgIpc) is 3.97. The molecule has 2 unspecified atom stereocenters. The first-order valence-corrected chi connectivity index (χ1v) is 25.8. The van der Waals surface area contributed by atoms with Gasteiger partial charge in [-0.25, -0.2) is 15.0 Å². The van der Waals surface area contributed by atoms with Crippen molar-refractivity contribution in [1.82, 2.24) is 19.5 Å². The molecule has 0 bridgehead atoms. The van der Waals surface area contributed by atoms with Gasteiger partial charge in [0.05, 0.1) is 11.6 Å². The van der Waals surface area contributed by atoms with E-state index in [2.05, 4.69) is 223 Å². The molecule has 2 atom stereocenters. The van der Waals surface area contributed by atoms with Crippen LogP contribution in [-0.2, 0) is 12.8 Å². The average molecular weight is 937 g/mol. The van der Waals surface area contributed by atoms with E-state index in [-0.39, 0.29) is 12.0 Å². The number of fused-ring (bicyclic) bond motifs is 12. The number of allylic oxidation sites excluding steroid dienone is 5. The van der Waals surface area contributed by atoms with Gasteiger partial charge in [0.2, 0.25) is 0 Å². The van der Waals surface area contributed by atoms with Crippen LogP contribution in [0.4, 0.5) is 0 Å². The zero-order chi connectivity index (χ0) is 48.0. The van der Waals surface area contributed by atoms with Gasteiger partial charge in [-0.05, 0) is 141 Å². The largest absolute Gasteiger partial charge is 0.455 e. The molecule has 0 saturated carbocycles. The van der Waals surface area contributed by atoms with E-state index in [1.807, 2.05) is 0 Å². The molecular formula is C68H48N4O. The van der Waals surface area contributed by atoms with Gasteiger partial charge in [0.15, 0.2) is 17.5 Å². The minimum atomic E-state index is 0.0978. The van der Waals surface area contributed by atoms with Crippen LogP contribution in [-0.4, -0.2) is 19.5 Å². The van der Waals surface area contributed by atoms with Gasteiger partial charge in [0.25, 0.3) is 0 Å². The molecule has 0 N–H and O–H groups in total. The fourth-order valence-corrected chi connectivity index (χ4v) is 12.4. The lowest BCUT2D eigenvalue weighted by atomic mass is 9.83. The minimum Gasteiger partial charge on any atom is -0.455 e. The Labute approximate surface area is 423 Å². The summed E-state index contributed by atoms with van der Waals surface area (Å²) in [4.78, 5) is 16.3. The van der Waals surface area contributed by atoms with Crippen LogP contribution in [0.1, 0.15) is 59.2 Å². The van der Waals surface area contributed by atoms with Crippen molar-refractivity contribution in [2.75, 3.05) is 0 Å². The highest BCUT2D eigenvalue weighted by Gasteiger charge is 2.30. The quantitative estimate of drug-likeness (QED) is 0.167. The molecule has 0 aliphatic heterocycles. The lowest BCUT2D eigenvalue weighted by Crippen LogP contribution is -2.10. The van der Waals surface area contributed by atoms with Crippen molar-refractivity contribution in [3.8, 4) is 56.4 Å². The molecule has 0 fully saturated rings. The Hall–Kier alpha value is -8.93. The summed E-state index contributed by atoms with van der Waals surface area (Å²) in [6, 6.07) is 66.4. The fourth-order valence-electron chi connectivity index (χ4n) is 12.4. The molecule has 9 aromatic carbocycles. The van der Waals surface area contributed by atoms with E-state index in [0.717, 1.165) is 92.6 Å². The molecule has 3 aromatic heterocycles. The van der Waals surface area contributed by atoms with Crippen LogP contribution >= 0.6 is 0 Å². The van der Waals surface area contributed by atoms with Gasteiger partial charge >= 0.3 is 0 Å². The van der Waals surface area contributed by atoms with E-state index in [0.29, 0.717) is 17.5 Å². The fraction of sp³-hybridized carbons (Fsp3) is 0.103. The molecule has 0 saturated heterocycles. The first-order valence-electron chi connectivity index (χ1n) is 25.8. The third-order valence-electron chi connectivity index (χ3n) is 15.9. The van der Waals surface area contributed by atoms with Crippen LogP contribution in [0.5, 0.6) is 0 Å². The van der Waals surface area contributed by atoms with Crippen LogP contribution in [0, 0.1) is 0 Å². The smallest absolute Gasteiger partial charge is 0.167 e. The summed E-state index contributed by atoms with van der Waals surface area (Å²) in [6.07, 6.45) is 18.4. The van der Waals surface area contributed by atoms with E-state index in [4.69, 9.17) is 19.4 Å². The van der Waals surface area contributed by atoms with Gasteiger partial charge < -0.3 is 8.98 Å². The van der Waals surface area contributed by atoms with E-state index >= 15 is 0 Å². The predicted molar refractivity (Wildman–Crippen MR) is 301 cm³/mol. The number of nitrogens with zero attached hydrogens (tertiary/aromatic N) is 4. The summed E-state index contributed by atoms with van der Waals surface area (Å²) < 4.78 is 9.87. The normalized spacial score (nSPS) is 16.1. The molecule has 3 aliphatic rings. The number of benzene rings is 9. The van der Waals surface area contributed by atoms with E-state index in [1.165, 1.54) is 60.8 Å². The third-order valence-corrected chi connectivity index (χ3v) is 15.9. The zero-order valence-corrected chi connectivity index (χ0v) is 40.2. The van der Waals surface area contributed by atoms with Crippen molar-refractivity contribution in [1.29, 1.82) is 0 Å². The Morgan fingerprint density at radius 1 is 0.479 bits per heavy atom. The molecule has 3 aliphatic carbocycles. The van der Waals surface area contributed by atoms with Gasteiger partial charge in [-0.1, -0.05) is 170 Å². The number of aromatic nitrogens is 4. The van der Waals surface area contributed by atoms with Crippen LogP contribution in [0.25, 0.3) is 117 Å². The second kappa shape index (κ2) is 16.9. The summed E-state index contributed by atoms with van der Waals surface area (Å²) in [5.74, 6) is 1.91. The van der Waals surface area contributed by atoms with Crippen LogP contribution in [0.3, 0.4) is 0 Å². The summed E-state index contributed by atoms with van der Waals surface area (Å²) in [5.41, 5.74) is 17.1. The summed E-state index contributed by atoms with van der Waals surface area (Å²) >= 11 is 0. The lowest BCUT2D eigenvalue weighted by molar-refractivity contribution is 0.621. The first-order chi connectivity index (χ1) is 36.2. The van der Waals surface area contributed by atoms with E-state index in [1.54, 1.807) is 0 Å². The second-order valence-corrected chi connectivity index (χ2v) is 20.0. The summed E-state index contributed by atoms with van der Waals surface area (Å²) in [7, 11) is 0. The highest BCUT2D eigenvalue weighted by molar-refractivity contribution is 6.18. The first kappa shape index (κ1) is 41.8. The van der Waals surface area contributed by atoms with Crippen molar-refractivity contribution < 1.29 is 4.42 Å². The highest BCUT2D eigenvalue weighted by Crippen LogP contribution is 2.49. The predicted octanol–water partition coefficient (Wildman–Crippen LogP) is 17.5. The van der Waals surface area contributed by atoms with Gasteiger partial charge in [-0.3, -0.25) is 0 Å². The molecule has 3 heterocycles. The monoisotopic (exact) mass is 936 g/mol. The molecule has 15 rings (SSSR count). The second-order valence-electron chi connectivity index (χ2n) is 20.0. The van der Waals surface area contributed by atoms with Crippen LogP contribution in [0.2, 0.25) is 0 Å². The van der Waals surface area contributed by atoms with Crippen molar-refractivity contribution >= 4 is 60.5 Å². The Balaban J connectivity index is 0.958. The SMILES string of the molecule is C1=CCC(n2c3c(c4cc(-c5nc(-c6cccc(-c7ccccc7)c6)nc(-c6ccc(C7CCc8cc9ccccc9cc8-c8ccccc87)c7c6oc6c8ccccc8ccc67)n5)ccc42)CCC=C3)C=C1. The molecule has 73 heavy (non-hydrogen) atoms. The van der Waals surface area contributed by atoms with Crippen molar-refractivity contribution in [3.63, 3.8) is 0 Å². The number of hydrogen-bond acceptors (Lipinski definition) is 4. The third kappa shape index (κ3) is 6.87. The molecule has 0 radical (unpaired) electrons. The summed E-state index contributed by atoms with van der Waals surface area (Å²) in [5, 5.41) is 8.23. The standard InChI is InChI=1S/C68H48N4O/c1-3-16-42(17-4-1)44-21-15-22-48(39-44)66-69-67(49-32-37-62-60(41-49)55-28-13-14-29-61(55)72(62)50-23-5-2-6-24-50)71-68(70-66)58-36-35-56(63-57-34-30-43-18-9-10-25-51(43)64(57)73-65(58)63)54-33-31-47-38-45-19-7-8-20-46(45)40-59(47)53-27-12-11-26-52(53)54/h1-12,14-23,25-27,29-30,32,34-41,50,54H,13,24,28,31,33H2. The number of aryl methyl sites for hydroxylation is 2. The minimum absolute atomic E-state index is 0.0978. The number of hydrogen-bond donors (Lipinski definition) is 0. The van der Waals surface area contributed by atoms with Gasteiger partial charge in [0, 0.05) is 49.8 Å². The summed E-state index contributed by atoms with van der Waals surface area (Å²) in [6.45, 7) is 0. The Bertz CT molecular complexity index is 4320. The van der Waals surface area contributed by atoms with Crippen molar-refractivity contribution in [3.05, 3.63) is 240 Å².